The molecule has 4 rings (SSSR count). The number of rotatable bonds is 6. The molecule has 0 saturated carbocycles. The van der Waals surface area contributed by atoms with E-state index >= 15 is 0 Å². The highest BCUT2D eigenvalue weighted by Gasteiger charge is 2.25. The molecule has 0 aliphatic carbocycles. The van der Waals surface area contributed by atoms with Crippen LogP contribution in [0, 0.1) is 12.8 Å². The Morgan fingerprint density at radius 1 is 1.17 bits per heavy atom. The Hall–Kier alpha value is -3.39. The number of carbonyl (C=O) groups is 2. The van der Waals surface area contributed by atoms with Crippen molar-refractivity contribution in [1.29, 1.82) is 0 Å². The number of hydrogen-bond acceptors (Lipinski definition) is 7. The maximum atomic E-state index is 12.6. The predicted octanol–water partition coefficient (Wildman–Crippen LogP) is 4.77. The third-order valence-corrected chi connectivity index (χ3v) is 6.07. The lowest BCUT2D eigenvalue weighted by Crippen LogP contribution is -2.40. The number of benzene rings is 2. The second-order valence-electron chi connectivity index (χ2n) is 10.3. The summed E-state index contributed by atoms with van der Waals surface area (Å²) in [5.74, 6) is 0.620. The van der Waals surface area contributed by atoms with E-state index in [4.69, 9.17) is 14.9 Å². The van der Waals surface area contributed by atoms with Crippen molar-refractivity contribution >= 4 is 34.4 Å². The summed E-state index contributed by atoms with van der Waals surface area (Å²) in [7, 11) is 0. The Morgan fingerprint density at radius 2 is 1.86 bits per heavy atom. The molecule has 0 spiro atoms. The highest BCUT2D eigenvalue weighted by atomic mass is 16.6. The molecule has 2 heterocycles. The first-order valence-corrected chi connectivity index (χ1v) is 12.1. The number of aromatic nitrogens is 1. The number of amides is 1. The van der Waals surface area contributed by atoms with Crippen LogP contribution in [0.4, 0.5) is 11.4 Å². The molecular formula is C27H34N4O4. The second kappa shape index (κ2) is 10.1. The number of likely N-dealkylation sites (tertiary alicyclic amines) is 1. The summed E-state index contributed by atoms with van der Waals surface area (Å²) < 4.78 is 11.3. The number of aryl methyl sites for hydroxylation is 1. The van der Waals surface area contributed by atoms with Gasteiger partial charge in [0.05, 0.1) is 6.54 Å². The summed E-state index contributed by atoms with van der Waals surface area (Å²) in [5, 5.41) is 2.99. The number of anilines is 2. The average molecular weight is 479 g/mol. The average Bonchev–Trinajstić information content (AvgIpc) is 3.19. The van der Waals surface area contributed by atoms with Gasteiger partial charge in [0.1, 0.15) is 11.1 Å². The first-order valence-electron chi connectivity index (χ1n) is 12.1. The zero-order chi connectivity index (χ0) is 25.2. The molecule has 8 heteroatoms. The molecule has 3 N–H and O–H groups in total. The predicted molar refractivity (Wildman–Crippen MR) is 137 cm³/mol. The number of piperidine rings is 1. The second-order valence-corrected chi connectivity index (χ2v) is 10.3. The maximum absolute atomic E-state index is 12.6. The van der Waals surface area contributed by atoms with Gasteiger partial charge in [0.15, 0.2) is 5.58 Å². The minimum absolute atomic E-state index is 0.00342. The minimum atomic E-state index is -0.470. The number of oxazole rings is 1. The normalized spacial score (nSPS) is 15.3. The summed E-state index contributed by atoms with van der Waals surface area (Å²) in [5.41, 5.74) is 10.1. The molecule has 0 bridgehead atoms. The van der Waals surface area contributed by atoms with Crippen LogP contribution >= 0.6 is 0 Å². The molecular weight excluding hydrogens is 444 g/mol. The Bertz CT molecular complexity index is 1200. The van der Waals surface area contributed by atoms with E-state index in [1.165, 1.54) is 0 Å². The molecule has 1 saturated heterocycles. The van der Waals surface area contributed by atoms with Crippen LogP contribution in [-0.4, -0.2) is 47.0 Å². The van der Waals surface area contributed by atoms with Crippen LogP contribution in [0.15, 0.2) is 40.8 Å². The molecule has 0 radical (unpaired) electrons. The van der Waals surface area contributed by atoms with Gasteiger partial charge in [-0.1, -0.05) is 0 Å². The fourth-order valence-electron chi connectivity index (χ4n) is 4.43. The van der Waals surface area contributed by atoms with Crippen molar-refractivity contribution in [3.05, 3.63) is 42.0 Å². The van der Waals surface area contributed by atoms with Crippen LogP contribution in [0.3, 0.4) is 0 Å². The number of fused-ring (bicyclic) bond motifs is 1. The van der Waals surface area contributed by atoms with Gasteiger partial charge in [-0.25, -0.2) is 4.98 Å². The third-order valence-electron chi connectivity index (χ3n) is 6.07. The minimum Gasteiger partial charge on any atom is -0.459 e. The lowest BCUT2D eigenvalue weighted by Gasteiger charge is -2.31. The number of hydrogen-bond donors (Lipinski definition) is 2. The number of nitrogens with two attached hydrogens (primary N) is 1. The summed E-state index contributed by atoms with van der Waals surface area (Å²) in [6.07, 6.45) is 2.24. The largest absolute Gasteiger partial charge is 0.459 e. The van der Waals surface area contributed by atoms with Crippen LogP contribution in [0.1, 0.15) is 45.6 Å². The molecule has 2 aromatic carbocycles. The molecule has 1 aliphatic heterocycles. The molecule has 8 nitrogen and oxygen atoms in total. The van der Waals surface area contributed by atoms with Crippen molar-refractivity contribution in [2.45, 2.75) is 52.6 Å². The van der Waals surface area contributed by atoms with Crippen molar-refractivity contribution in [2.75, 3.05) is 30.7 Å². The van der Waals surface area contributed by atoms with E-state index in [2.05, 4.69) is 15.2 Å². The van der Waals surface area contributed by atoms with Gasteiger partial charge in [0.2, 0.25) is 11.8 Å². The molecule has 1 aliphatic rings. The van der Waals surface area contributed by atoms with E-state index in [1.807, 2.05) is 58.0 Å². The van der Waals surface area contributed by atoms with Crippen molar-refractivity contribution in [3.8, 4) is 11.5 Å². The van der Waals surface area contributed by atoms with E-state index in [9.17, 15) is 9.59 Å². The standard InChI is InChI=1S/C27H34N4O4/c1-17-13-20(28)15-22-25(17)34-26(30-22)19-5-7-21(8-6-19)29-23(32)14-18-9-11-31(12-10-18)16-24(33)35-27(2,3)4/h5-8,13,15,18H,9-12,14,16,28H2,1-4H3,(H,29,32). The first kappa shape index (κ1) is 24.7. The van der Waals surface area contributed by atoms with Gasteiger partial charge in [-0.2, -0.15) is 0 Å². The fraction of sp³-hybridized carbons (Fsp3) is 0.444. The zero-order valence-electron chi connectivity index (χ0n) is 20.9. The summed E-state index contributed by atoms with van der Waals surface area (Å²) >= 11 is 0. The van der Waals surface area contributed by atoms with Crippen molar-refractivity contribution in [1.82, 2.24) is 9.88 Å². The molecule has 1 fully saturated rings. The Kier molecular flexibility index (Phi) is 7.12. The van der Waals surface area contributed by atoms with E-state index < -0.39 is 5.60 Å². The van der Waals surface area contributed by atoms with Crippen LogP contribution in [0.2, 0.25) is 0 Å². The SMILES string of the molecule is Cc1cc(N)cc2nc(-c3ccc(NC(=O)CC4CCN(CC(=O)OC(C)(C)C)CC4)cc3)oc12. The Morgan fingerprint density at radius 3 is 2.51 bits per heavy atom. The van der Waals surface area contributed by atoms with Crippen LogP contribution < -0.4 is 11.1 Å². The zero-order valence-corrected chi connectivity index (χ0v) is 20.9. The van der Waals surface area contributed by atoms with Gasteiger partial charge in [-0.05, 0) is 102 Å². The van der Waals surface area contributed by atoms with Gasteiger partial charge in [-0.15, -0.1) is 0 Å². The van der Waals surface area contributed by atoms with Gasteiger partial charge < -0.3 is 20.2 Å². The highest BCUT2D eigenvalue weighted by molar-refractivity contribution is 5.91. The quantitative estimate of drug-likeness (QED) is 0.388. The number of nitrogens with zero attached hydrogens (tertiary/aromatic N) is 2. The number of nitrogen functional groups attached to an aromatic ring is 1. The van der Waals surface area contributed by atoms with E-state index in [0.717, 1.165) is 53.8 Å². The molecule has 1 aromatic heterocycles. The number of ether oxygens (including phenoxy) is 1. The smallest absolute Gasteiger partial charge is 0.320 e. The van der Waals surface area contributed by atoms with E-state index in [0.29, 0.717) is 30.5 Å². The molecule has 0 unspecified atom stereocenters. The van der Waals surface area contributed by atoms with Gasteiger partial charge in [0.25, 0.3) is 0 Å². The molecule has 35 heavy (non-hydrogen) atoms. The topological polar surface area (TPSA) is 111 Å². The molecule has 1 amide bonds. The highest BCUT2D eigenvalue weighted by Crippen LogP contribution is 2.29. The lowest BCUT2D eigenvalue weighted by molar-refractivity contribution is -0.156. The van der Waals surface area contributed by atoms with Gasteiger partial charge >= 0.3 is 5.97 Å². The van der Waals surface area contributed by atoms with Gasteiger partial charge in [-0.3, -0.25) is 14.5 Å². The van der Waals surface area contributed by atoms with E-state index in [1.54, 1.807) is 6.07 Å². The monoisotopic (exact) mass is 478 g/mol. The van der Waals surface area contributed by atoms with Crippen molar-refractivity contribution in [2.24, 2.45) is 5.92 Å². The maximum Gasteiger partial charge on any atom is 0.320 e. The Labute approximate surface area is 205 Å². The van der Waals surface area contributed by atoms with Crippen LogP contribution in [0.25, 0.3) is 22.6 Å². The summed E-state index contributed by atoms with van der Waals surface area (Å²) in [4.78, 5) is 31.3. The third kappa shape index (κ3) is 6.60. The molecule has 0 atom stereocenters. The number of esters is 1. The molecule has 3 aromatic rings. The summed E-state index contributed by atoms with van der Waals surface area (Å²) in [6.45, 7) is 9.44. The van der Waals surface area contributed by atoms with Crippen LogP contribution in [0.5, 0.6) is 0 Å². The number of nitrogens with one attached hydrogen (secondary N) is 1. The van der Waals surface area contributed by atoms with E-state index in [-0.39, 0.29) is 11.9 Å². The number of carbonyl (C=O) groups excluding carboxylic acids is 2. The lowest BCUT2D eigenvalue weighted by atomic mass is 9.93. The van der Waals surface area contributed by atoms with Crippen molar-refractivity contribution in [3.63, 3.8) is 0 Å². The summed E-state index contributed by atoms with van der Waals surface area (Å²) in [6, 6.07) is 11.1. The van der Waals surface area contributed by atoms with Crippen molar-refractivity contribution < 1.29 is 18.7 Å². The van der Waals surface area contributed by atoms with Gasteiger partial charge in [0, 0.05) is 23.4 Å². The molecule has 186 valence electrons. The van der Waals surface area contributed by atoms with Crippen LogP contribution in [-0.2, 0) is 14.3 Å². The first-order chi connectivity index (χ1) is 16.6. The Balaban J connectivity index is 1.26. The fourth-order valence-corrected chi connectivity index (χ4v) is 4.43.